The lowest BCUT2D eigenvalue weighted by Gasteiger charge is -2.28. The number of benzene rings is 1. The third-order valence-electron chi connectivity index (χ3n) is 5.67. The third-order valence-corrected chi connectivity index (χ3v) is 7.46. The molecular weight excluding hydrogens is 382 g/mol. The Bertz CT molecular complexity index is 881. The van der Waals surface area contributed by atoms with Crippen molar-refractivity contribution in [2.24, 2.45) is 5.92 Å². The predicted molar refractivity (Wildman–Crippen MR) is 119 cm³/mol. The van der Waals surface area contributed by atoms with Crippen LogP contribution in [-0.2, 0) is 20.7 Å². The average molecular weight is 418 g/mol. The molecule has 0 radical (unpaired) electrons. The Kier molecular flexibility index (Phi) is 6.89. The molecule has 0 aliphatic heterocycles. The first-order valence-corrected chi connectivity index (χ1v) is 12.1. The zero-order valence-corrected chi connectivity index (χ0v) is 19.5. The van der Waals surface area contributed by atoms with Gasteiger partial charge in [0.15, 0.2) is 9.84 Å². The van der Waals surface area contributed by atoms with Crippen LogP contribution in [0, 0.1) is 17.2 Å². The number of hydrogen-bond acceptors (Lipinski definition) is 4. The van der Waals surface area contributed by atoms with Crippen molar-refractivity contribution in [3.05, 3.63) is 33.7 Å². The zero-order chi connectivity index (χ0) is 22.0. The zero-order valence-electron chi connectivity index (χ0n) is 18.7. The van der Waals surface area contributed by atoms with Crippen molar-refractivity contribution < 1.29 is 13.5 Å². The van der Waals surface area contributed by atoms with Crippen LogP contribution in [0.5, 0.6) is 5.75 Å². The molecule has 0 heterocycles. The highest BCUT2D eigenvalue weighted by atomic mass is 32.2. The highest BCUT2D eigenvalue weighted by molar-refractivity contribution is 7.95. The standard InChI is InChI=1S/C24H35NO3S/c1-23(2,3)20-13-18(14-21(22(20)26)24(4,5)6)12-19(15-25)29(27,28)16-17-10-8-7-9-11-17/h12-14,17,26H,7-11,16H2,1-6H3. The third kappa shape index (κ3) is 5.85. The van der Waals surface area contributed by atoms with E-state index in [9.17, 15) is 18.8 Å². The van der Waals surface area contributed by atoms with Gasteiger partial charge in [0, 0.05) is 11.1 Å². The van der Waals surface area contributed by atoms with Crippen LogP contribution in [0.1, 0.15) is 90.3 Å². The summed E-state index contributed by atoms with van der Waals surface area (Å²) in [5.41, 5.74) is 1.50. The van der Waals surface area contributed by atoms with Gasteiger partial charge in [0.1, 0.15) is 16.7 Å². The normalized spacial score (nSPS) is 17.2. The molecule has 1 aromatic rings. The number of nitrogens with zero attached hydrogens (tertiary/aromatic N) is 1. The molecule has 1 aromatic carbocycles. The van der Waals surface area contributed by atoms with Crippen LogP contribution in [0.15, 0.2) is 17.0 Å². The van der Waals surface area contributed by atoms with Crippen molar-refractivity contribution in [3.8, 4) is 11.8 Å². The highest BCUT2D eigenvalue weighted by Crippen LogP contribution is 2.40. The van der Waals surface area contributed by atoms with E-state index in [1.807, 2.05) is 47.6 Å². The van der Waals surface area contributed by atoms with Gasteiger partial charge in [0.2, 0.25) is 0 Å². The maximum atomic E-state index is 12.9. The Morgan fingerprint density at radius 1 is 1.07 bits per heavy atom. The van der Waals surface area contributed by atoms with Gasteiger partial charge in [-0.25, -0.2) is 8.42 Å². The second-order valence-electron chi connectivity index (χ2n) is 10.4. The maximum Gasteiger partial charge on any atom is 0.188 e. The minimum absolute atomic E-state index is 0.0444. The summed E-state index contributed by atoms with van der Waals surface area (Å²) in [6.45, 7) is 12.0. The lowest BCUT2D eigenvalue weighted by molar-refractivity contribution is 0.385. The van der Waals surface area contributed by atoms with Gasteiger partial charge in [-0.05, 0) is 53.4 Å². The quantitative estimate of drug-likeness (QED) is 0.624. The molecule has 1 aliphatic rings. The number of phenolic OH excluding ortho intramolecular Hbond substituents is 1. The predicted octanol–water partition coefficient (Wildman–Crippen LogP) is 5.85. The molecule has 0 amide bonds. The van der Waals surface area contributed by atoms with Crippen LogP contribution in [0.2, 0.25) is 0 Å². The van der Waals surface area contributed by atoms with Gasteiger partial charge in [-0.2, -0.15) is 5.26 Å². The van der Waals surface area contributed by atoms with Crippen LogP contribution in [0.25, 0.3) is 6.08 Å². The molecule has 2 rings (SSSR count). The molecule has 160 valence electrons. The smallest absolute Gasteiger partial charge is 0.188 e. The topological polar surface area (TPSA) is 78.2 Å². The van der Waals surface area contributed by atoms with Crippen LogP contribution < -0.4 is 0 Å². The second kappa shape index (κ2) is 8.52. The first-order chi connectivity index (χ1) is 13.3. The summed E-state index contributed by atoms with van der Waals surface area (Å²) in [5.74, 6) is 0.425. The fourth-order valence-corrected chi connectivity index (χ4v) is 5.57. The first-order valence-electron chi connectivity index (χ1n) is 10.5. The minimum atomic E-state index is -3.64. The summed E-state index contributed by atoms with van der Waals surface area (Å²) in [6, 6.07) is 5.53. The summed E-state index contributed by atoms with van der Waals surface area (Å²) >= 11 is 0. The lowest BCUT2D eigenvalue weighted by atomic mass is 9.78. The van der Waals surface area contributed by atoms with Gasteiger partial charge in [0.25, 0.3) is 0 Å². The van der Waals surface area contributed by atoms with Gasteiger partial charge in [-0.1, -0.05) is 60.8 Å². The molecule has 1 N–H and O–H groups in total. The number of hydrogen-bond donors (Lipinski definition) is 1. The van der Waals surface area contributed by atoms with E-state index in [0.717, 1.165) is 43.2 Å². The van der Waals surface area contributed by atoms with Crippen molar-refractivity contribution >= 4 is 15.9 Å². The van der Waals surface area contributed by atoms with Gasteiger partial charge in [0.05, 0.1) is 5.75 Å². The van der Waals surface area contributed by atoms with E-state index in [4.69, 9.17) is 0 Å². The summed E-state index contributed by atoms with van der Waals surface area (Å²) in [7, 11) is -3.64. The van der Waals surface area contributed by atoms with Gasteiger partial charge < -0.3 is 5.11 Å². The molecule has 1 fully saturated rings. The molecule has 29 heavy (non-hydrogen) atoms. The molecular formula is C24H35NO3S. The Labute approximate surface area is 176 Å². The van der Waals surface area contributed by atoms with E-state index in [2.05, 4.69) is 0 Å². The number of allylic oxidation sites excluding steroid dienone is 1. The Morgan fingerprint density at radius 2 is 1.55 bits per heavy atom. The van der Waals surface area contributed by atoms with Gasteiger partial charge >= 0.3 is 0 Å². The molecule has 0 saturated heterocycles. The van der Waals surface area contributed by atoms with Crippen LogP contribution in [-0.4, -0.2) is 19.3 Å². The molecule has 5 heteroatoms. The van der Waals surface area contributed by atoms with Crippen molar-refractivity contribution in [1.29, 1.82) is 5.26 Å². The summed E-state index contributed by atoms with van der Waals surface area (Å²) < 4.78 is 25.8. The molecule has 1 aliphatic carbocycles. The first kappa shape index (κ1) is 23.5. The summed E-state index contributed by atoms with van der Waals surface area (Å²) in [6.07, 6.45) is 6.60. The van der Waals surface area contributed by atoms with Crippen molar-refractivity contribution in [3.63, 3.8) is 0 Å². The largest absolute Gasteiger partial charge is 0.507 e. The van der Waals surface area contributed by atoms with Crippen molar-refractivity contribution in [2.75, 3.05) is 5.75 Å². The summed E-state index contributed by atoms with van der Waals surface area (Å²) in [5, 5.41) is 20.5. The average Bonchev–Trinajstić information content (AvgIpc) is 2.59. The second-order valence-corrected chi connectivity index (χ2v) is 12.4. The Hall–Kier alpha value is -1.80. The molecule has 1 saturated carbocycles. The molecule has 0 bridgehead atoms. The van der Waals surface area contributed by atoms with E-state index in [1.165, 1.54) is 6.08 Å². The lowest BCUT2D eigenvalue weighted by Crippen LogP contribution is -2.20. The van der Waals surface area contributed by atoms with Gasteiger partial charge in [-0.15, -0.1) is 0 Å². The number of aromatic hydroxyl groups is 1. The Balaban J connectivity index is 2.53. The molecule has 0 spiro atoms. The number of sulfone groups is 1. The number of nitriles is 1. The Morgan fingerprint density at radius 3 is 1.97 bits per heavy atom. The maximum absolute atomic E-state index is 12.9. The molecule has 4 nitrogen and oxygen atoms in total. The monoisotopic (exact) mass is 417 g/mol. The van der Waals surface area contributed by atoms with Crippen molar-refractivity contribution in [2.45, 2.75) is 84.5 Å². The summed E-state index contributed by atoms with van der Waals surface area (Å²) in [4.78, 5) is -0.187. The fourth-order valence-electron chi connectivity index (χ4n) is 3.98. The van der Waals surface area contributed by atoms with Crippen molar-refractivity contribution in [1.82, 2.24) is 0 Å². The highest BCUT2D eigenvalue weighted by Gasteiger charge is 2.28. The van der Waals surface area contributed by atoms with Gasteiger partial charge in [-0.3, -0.25) is 0 Å². The van der Waals surface area contributed by atoms with E-state index >= 15 is 0 Å². The van der Waals surface area contributed by atoms with E-state index in [0.29, 0.717) is 5.56 Å². The fraction of sp³-hybridized carbons (Fsp3) is 0.625. The number of phenols is 1. The van der Waals surface area contributed by atoms with Crippen LogP contribution in [0.4, 0.5) is 0 Å². The van der Waals surface area contributed by atoms with Crippen LogP contribution in [0.3, 0.4) is 0 Å². The molecule has 0 aromatic heterocycles. The molecule has 0 unspecified atom stereocenters. The number of rotatable bonds is 4. The SMILES string of the molecule is CC(C)(C)c1cc(C=C(C#N)S(=O)(=O)CC2CCCCC2)cc(C(C)(C)C)c1O. The van der Waals surface area contributed by atoms with Crippen LogP contribution >= 0.6 is 0 Å². The minimum Gasteiger partial charge on any atom is -0.507 e. The van der Waals surface area contributed by atoms with E-state index < -0.39 is 9.84 Å². The molecule has 0 atom stereocenters. The van der Waals surface area contributed by atoms with E-state index in [-0.39, 0.29) is 33.2 Å². The van der Waals surface area contributed by atoms with E-state index in [1.54, 1.807) is 12.1 Å².